The van der Waals surface area contributed by atoms with Crippen molar-refractivity contribution in [3.05, 3.63) is 94.4 Å². The van der Waals surface area contributed by atoms with Crippen molar-refractivity contribution >= 4 is 16.9 Å². The number of aromatic nitrogens is 3. The maximum atomic E-state index is 13.6. The topological polar surface area (TPSA) is 45.2 Å². The van der Waals surface area contributed by atoms with Crippen LogP contribution in [0.2, 0.25) is 0 Å². The van der Waals surface area contributed by atoms with Crippen LogP contribution < -0.4 is 4.90 Å². The van der Waals surface area contributed by atoms with Gasteiger partial charge in [0.1, 0.15) is 0 Å². The Morgan fingerprint density at radius 2 is 1.38 bits per heavy atom. The van der Waals surface area contributed by atoms with Crippen molar-refractivity contribution in [2.45, 2.75) is 76.7 Å². The van der Waals surface area contributed by atoms with Gasteiger partial charge < -0.3 is 4.90 Å². The number of rotatable bonds is 9. The minimum Gasteiger partial charge on any atom is -0.332 e. The van der Waals surface area contributed by atoms with Gasteiger partial charge >= 0.3 is 12.4 Å². The van der Waals surface area contributed by atoms with Crippen LogP contribution >= 0.6 is 0 Å². The molecule has 0 bridgehead atoms. The third-order valence-corrected chi connectivity index (χ3v) is 7.80. The third kappa shape index (κ3) is 6.35. The van der Waals surface area contributed by atoms with Gasteiger partial charge in [0.25, 0.3) is 0 Å². The predicted octanol–water partition coefficient (Wildman–Crippen LogP) is 7.70. The Labute approximate surface area is 239 Å². The number of alkyl halides is 6. The van der Waals surface area contributed by atoms with E-state index in [-0.39, 0.29) is 30.7 Å². The fraction of sp³-hybridized carbons (Fsp3) is 0.387. The molecule has 0 unspecified atom stereocenters. The van der Waals surface area contributed by atoms with Gasteiger partial charge in [0.15, 0.2) is 0 Å². The van der Waals surface area contributed by atoms with E-state index in [1.165, 1.54) is 12.4 Å². The summed E-state index contributed by atoms with van der Waals surface area (Å²) in [6.45, 7) is 2.50. The van der Waals surface area contributed by atoms with Gasteiger partial charge in [-0.25, -0.2) is 9.97 Å². The number of anilines is 1. The van der Waals surface area contributed by atoms with Gasteiger partial charge in [0.05, 0.1) is 22.3 Å². The van der Waals surface area contributed by atoms with Crippen LogP contribution in [0.1, 0.15) is 59.2 Å². The van der Waals surface area contributed by atoms with Gasteiger partial charge in [0.2, 0.25) is 5.95 Å². The summed E-state index contributed by atoms with van der Waals surface area (Å²) in [6.07, 6.45) is -2.34. The number of halogens is 6. The molecular formula is C31H29F6N5. The van der Waals surface area contributed by atoms with Crippen LogP contribution in [0.4, 0.5) is 32.3 Å². The molecule has 2 heterocycles. The van der Waals surface area contributed by atoms with E-state index < -0.39 is 23.5 Å². The molecule has 4 aromatic rings. The van der Waals surface area contributed by atoms with E-state index >= 15 is 0 Å². The Morgan fingerprint density at radius 1 is 0.762 bits per heavy atom. The highest BCUT2D eigenvalue weighted by Crippen LogP contribution is 2.40. The van der Waals surface area contributed by atoms with Crippen molar-refractivity contribution in [3.63, 3.8) is 0 Å². The molecular weight excluding hydrogens is 556 g/mol. The molecule has 2 aliphatic rings. The maximum absolute atomic E-state index is 13.6. The summed E-state index contributed by atoms with van der Waals surface area (Å²) in [5.41, 5.74) is 0.720. The molecule has 0 atom stereocenters. The van der Waals surface area contributed by atoms with E-state index in [1.807, 2.05) is 31.2 Å². The van der Waals surface area contributed by atoms with Crippen molar-refractivity contribution in [3.8, 4) is 0 Å². The quantitative estimate of drug-likeness (QED) is 0.188. The molecule has 2 fully saturated rings. The lowest BCUT2D eigenvalue weighted by molar-refractivity contribution is -0.143. The van der Waals surface area contributed by atoms with E-state index in [9.17, 15) is 26.3 Å². The first kappa shape index (κ1) is 28.4. The van der Waals surface area contributed by atoms with Crippen LogP contribution in [0.5, 0.6) is 0 Å². The van der Waals surface area contributed by atoms with Gasteiger partial charge in [-0.3, -0.25) is 9.88 Å². The second-order valence-electron chi connectivity index (χ2n) is 11.2. The molecule has 2 saturated carbocycles. The third-order valence-electron chi connectivity index (χ3n) is 7.80. The highest BCUT2D eigenvalue weighted by Gasteiger charge is 2.40. The molecule has 2 aromatic carbocycles. The Balaban J connectivity index is 1.41. The molecule has 0 N–H and O–H groups in total. The standard InChI is InChI=1S/C31H29F6N5/c1-19-4-2-5-21-14-22(27(40-28(19)21)18-42(25-6-7-25)26-8-9-26)17-41(29-38-10-3-11-39-29)16-20-12-23(30(32,33)34)15-24(13-20)31(35,36)37/h2-5,10-15,25-26H,6-9,16-18H2,1H3. The molecule has 42 heavy (non-hydrogen) atoms. The second-order valence-corrected chi connectivity index (χ2v) is 11.2. The summed E-state index contributed by atoms with van der Waals surface area (Å²) in [4.78, 5) is 17.8. The molecule has 0 radical (unpaired) electrons. The Hall–Kier alpha value is -3.73. The molecule has 2 aliphatic carbocycles. The lowest BCUT2D eigenvalue weighted by atomic mass is 10.0. The number of hydrogen-bond donors (Lipinski definition) is 0. The fourth-order valence-corrected chi connectivity index (χ4v) is 5.43. The first-order chi connectivity index (χ1) is 20.0. The van der Waals surface area contributed by atoms with E-state index in [2.05, 4.69) is 14.9 Å². The molecule has 0 saturated heterocycles. The average Bonchev–Trinajstić information content (AvgIpc) is 3.86. The molecule has 0 amide bonds. The Kier molecular flexibility index (Phi) is 7.32. The summed E-state index contributed by atoms with van der Waals surface area (Å²) in [5, 5.41) is 0.908. The largest absolute Gasteiger partial charge is 0.416 e. The SMILES string of the molecule is Cc1cccc2cc(CN(Cc3cc(C(F)(F)F)cc(C(F)(F)F)c3)c3ncccn3)c(CN(C3CC3)C3CC3)nc12. The van der Waals surface area contributed by atoms with Crippen molar-refractivity contribution in [2.75, 3.05) is 4.90 Å². The molecule has 6 rings (SSSR count). The van der Waals surface area contributed by atoms with Crippen molar-refractivity contribution in [1.29, 1.82) is 0 Å². The Bertz CT molecular complexity index is 1530. The number of pyridine rings is 1. The summed E-state index contributed by atoms with van der Waals surface area (Å²) in [6, 6.07) is 12.2. The number of para-hydroxylation sites is 1. The summed E-state index contributed by atoms with van der Waals surface area (Å²) in [7, 11) is 0. The first-order valence-electron chi connectivity index (χ1n) is 13.9. The van der Waals surface area contributed by atoms with Gasteiger partial charge in [0, 0.05) is 49.5 Å². The van der Waals surface area contributed by atoms with Gasteiger partial charge in [-0.2, -0.15) is 26.3 Å². The minimum atomic E-state index is -4.94. The van der Waals surface area contributed by atoms with Crippen molar-refractivity contribution < 1.29 is 26.3 Å². The van der Waals surface area contributed by atoms with Gasteiger partial charge in [-0.05, 0) is 79.6 Å². The van der Waals surface area contributed by atoms with E-state index in [1.54, 1.807) is 11.0 Å². The van der Waals surface area contributed by atoms with Gasteiger partial charge in [-0.15, -0.1) is 0 Å². The minimum absolute atomic E-state index is 0.144. The van der Waals surface area contributed by atoms with Crippen LogP contribution in [-0.2, 0) is 32.0 Å². The van der Waals surface area contributed by atoms with Crippen molar-refractivity contribution in [2.24, 2.45) is 0 Å². The number of hydrogen-bond acceptors (Lipinski definition) is 5. The molecule has 5 nitrogen and oxygen atoms in total. The number of fused-ring (bicyclic) bond motifs is 1. The summed E-state index contributed by atoms with van der Waals surface area (Å²) < 4.78 is 81.7. The number of benzene rings is 2. The van der Waals surface area contributed by atoms with Crippen LogP contribution in [0.15, 0.2) is 60.9 Å². The number of aryl methyl sites for hydroxylation is 1. The zero-order valence-electron chi connectivity index (χ0n) is 22.9. The van der Waals surface area contributed by atoms with Crippen LogP contribution in [-0.4, -0.2) is 31.9 Å². The lowest BCUT2D eigenvalue weighted by Gasteiger charge is -2.27. The highest BCUT2D eigenvalue weighted by molar-refractivity contribution is 5.82. The Morgan fingerprint density at radius 3 is 1.95 bits per heavy atom. The molecule has 2 aromatic heterocycles. The zero-order chi connectivity index (χ0) is 29.6. The molecule has 0 aliphatic heterocycles. The zero-order valence-corrected chi connectivity index (χ0v) is 22.9. The normalized spacial score (nSPS) is 15.9. The molecule has 0 spiro atoms. The van der Waals surface area contributed by atoms with Crippen LogP contribution in [0.25, 0.3) is 10.9 Å². The molecule has 220 valence electrons. The van der Waals surface area contributed by atoms with Gasteiger partial charge in [-0.1, -0.05) is 18.2 Å². The van der Waals surface area contributed by atoms with Crippen LogP contribution in [0, 0.1) is 6.92 Å². The second kappa shape index (κ2) is 10.8. The van der Waals surface area contributed by atoms with Crippen LogP contribution in [0.3, 0.4) is 0 Å². The summed E-state index contributed by atoms with van der Waals surface area (Å²) in [5.74, 6) is 0.194. The van der Waals surface area contributed by atoms with E-state index in [0.29, 0.717) is 18.6 Å². The van der Waals surface area contributed by atoms with E-state index in [4.69, 9.17) is 4.98 Å². The summed E-state index contributed by atoms with van der Waals surface area (Å²) >= 11 is 0. The first-order valence-corrected chi connectivity index (χ1v) is 13.9. The van der Waals surface area contributed by atoms with Crippen molar-refractivity contribution in [1.82, 2.24) is 19.9 Å². The fourth-order valence-electron chi connectivity index (χ4n) is 5.43. The predicted molar refractivity (Wildman–Crippen MR) is 146 cm³/mol. The number of nitrogens with zero attached hydrogens (tertiary/aromatic N) is 5. The smallest absolute Gasteiger partial charge is 0.332 e. The lowest BCUT2D eigenvalue weighted by Crippen LogP contribution is -2.30. The monoisotopic (exact) mass is 585 g/mol. The maximum Gasteiger partial charge on any atom is 0.416 e. The average molecular weight is 586 g/mol. The van der Waals surface area contributed by atoms with E-state index in [0.717, 1.165) is 65.5 Å². The molecule has 11 heteroatoms. The highest BCUT2D eigenvalue weighted by atomic mass is 19.4.